The molecular formula is C23H30N4O. The number of benzene rings is 1. The van der Waals surface area contributed by atoms with Gasteiger partial charge in [-0.2, -0.15) is 5.10 Å². The first-order valence-corrected chi connectivity index (χ1v) is 10.7. The van der Waals surface area contributed by atoms with Crippen LogP contribution in [0.25, 0.3) is 0 Å². The molecule has 4 aliphatic rings. The van der Waals surface area contributed by atoms with E-state index in [1.807, 2.05) is 10.9 Å². The molecule has 0 saturated carbocycles. The fourth-order valence-corrected chi connectivity index (χ4v) is 5.36. The van der Waals surface area contributed by atoms with Gasteiger partial charge in [0.2, 0.25) is 0 Å². The van der Waals surface area contributed by atoms with Crippen molar-refractivity contribution >= 4 is 5.91 Å². The normalized spacial score (nSPS) is 25.3. The van der Waals surface area contributed by atoms with E-state index in [1.54, 1.807) is 6.20 Å². The zero-order chi connectivity index (χ0) is 19.3. The number of hydrogen-bond acceptors (Lipinski definition) is 3. The Balaban J connectivity index is 1.32. The van der Waals surface area contributed by atoms with E-state index in [-0.39, 0.29) is 11.9 Å². The van der Waals surface area contributed by atoms with Crippen molar-refractivity contribution < 1.29 is 4.79 Å². The zero-order valence-electron chi connectivity index (χ0n) is 16.9. The summed E-state index contributed by atoms with van der Waals surface area (Å²) in [6.45, 7) is 7.22. The van der Waals surface area contributed by atoms with Gasteiger partial charge < -0.3 is 4.90 Å². The number of rotatable bonds is 3. The smallest absolute Gasteiger partial charge is 0.257 e. The van der Waals surface area contributed by atoms with E-state index >= 15 is 0 Å². The third-order valence-electron chi connectivity index (χ3n) is 6.93. The van der Waals surface area contributed by atoms with Crippen LogP contribution >= 0.6 is 0 Å². The van der Waals surface area contributed by atoms with Crippen LogP contribution in [0, 0.1) is 5.92 Å². The molecular weight excluding hydrogens is 348 g/mol. The lowest BCUT2D eigenvalue weighted by atomic mass is 9.94. The first-order chi connectivity index (χ1) is 13.6. The van der Waals surface area contributed by atoms with Crippen LogP contribution in [0.3, 0.4) is 0 Å². The molecule has 1 aromatic heterocycles. The first kappa shape index (κ1) is 17.9. The lowest BCUT2D eigenvalue weighted by Crippen LogP contribution is -2.48. The van der Waals surface area contributed by atoms with Crippen LogP contribution in [0.15, 0.2) is 36.7 Å². The lowest BCUT2D eigenvalue weighted by molar-refractivity contribution is 0.0581. The van der Waals surface area contributed by atoms with Gasteiger partial charge in [0.25, 0.3) is 5.91 Å². The Bertz CT molecular complexity index is 848. The minimum absolute atomic E-state index is 0.165. The van der Waals surface area contributed by atoms with E-state index in [9.17, 15) is 4.79 Å². The number of fused-ring (bicyclic) bond motifs is 5. The quantitative estimate of drug-likeness (QED) is 0.824. The highest BCUT2D eigenvalue weighted by atomic mass is 16.2. The van der Waals surface area contributed by atoms with Gasteiger partial charge in [0.15, 0.2) is 0 Å². The molecule has 148 valence electrons. The van der Waals surface area contributed by atoms with Gasteiger partial charge in [-0.3, -0.25) is 14.4 Å². The van der Waals surface area contributed by atoms with Crippen LogP contribution in [0.4, 0.5) is 0 Å². The van der Waals surface area contributed by atoms with E-state index in [4.69, 9.17) is 0 Å². The van der Waals surface area contributed by atoms with Crippen LogP contribution in [-0.4, -0.2) is 57.2 Å². The summed E-state index contributed by atoms with van der Waals surface area (Å²) in [5, 5.41) is 4.38. The number of piperidine rings is 1. The largest absolute Gasteiger partial charge is 0.334 e. The number of amides is 1. The Hall–Kier alpha value is -2.14. The molecule has 0 N–H and O–H groups in total. The van der Waals surface area contributed by atoms with Crippen LogP contribution in [0.2, 0.25) is 0 Å². The first-order valence-electron chi connectivity index (χ1n) is 10.7. The monoisotopic (exact) mass is 378 g/mol. The molecule has 1 aliphatic carbocycles. The fraction of sp³-hybridized carbons (Fsp3) is 0.565. The summed E-state index contributed by atoms with van der Waals surface area (Å²) < 4.78 is 1.88. The standard InChI is InChI=1S/C23H30N4O/c1-16(2)27-14-20(11-24-27)23(28)26-13-17-7-8-21(26)15-25(12-17)22-9-18-5-3-4-6-19(18)10-22/h3-6,11,14,16-17,21-22H,7-10,12-13,15H2,1-2H3/t17-,21+/m0/s1. The molecule has 5 heteroatoms. The summed E-state index contributed by atoms with van der Waals surface area (Å²) in [7, 11) is 0. The molecule has 1 aromatic carbocycles. The highest BCUT2D eigenvalue weighted by Gasteiger charge is 2.40. The second-order valence-electron chi connectivity index (χ2n) is 9.14. The van der Waals surface area contributed by atoms with E-state index in [1.165, 1.54) is 17.5 Å². The SMILES string of the molecule is CC(C)n1cc(C(=O)N2C[C@H]3CC[C@@H]2CN(C2Cc4ccccc4C2)C3)cn1. The van der Waals surface area contributed by atoms with Gasteiger partial charge in [-0.05, 0) is 56.6 Å². The molecule has 28 heavy (non-hydrogen) atoms. The maximum atomic E-state index is 13.2. The van der Waals surface area contributed by atoms with Gasteiger partial charge in [-0.15, -0.1) is 0 Å². The fourth-order valence-electron chi connectivity index (χ4n) is 5.36. The molecule has 1 amide bonds. The summed E-state index contributed by atoms with van der Waals surface area (Å²) in [4.78, 5) is 18.1. The average Bonchev–Trinajstić information content (AvgIpc) is 3.26. The minimum Gasteiger partial charge on any atom is -0.334 e. The highest BCUT2D eigenvalue weighted by molar-refractivity contribution is 5.94. The van der Waals surface area contributed by atoms with Crippen molar-refractivity contribution in [2.75, 3.05) is 19.6 Å². The van der Waals surface area contributed by atoms with Crippen LogP contribution in [-0.2, 0) is 12.8 Å². The Labute approximate surface area is 167 Å². The molecule has 4 heterocycles. The molecule has 3 saturated heterocycles. The summed E-state index contributed by atoms with van der Waals surface area (Å²) in [6.07, 6.45) is 8.35. The van der Waals surface area contributed by atoms with Gasteiger partial charge in [0.05, 0.1) is 11.8 Å². The predicted molar refractivity (Wildman–Crippen MR) is 109 cm³/mol. The lowest BCUT2D eigenvalue weighted by Gasteiger charge is -2.36. The van der Waals surface area contributed by atoms with E-state index in [0.29, 0.717) is 18.0 Å². The third kappa shape index (κ3) is 3.16. The predicted octanol–water partition coefficient (Wildman–Crippen LogP) is 3.17. The summed E-state index contributed by atoms with van der Waals surface area (Å²) in [6, 6.07) is 10.1. The van der Waals surface area contributed by atoms with Crippen molar-refractivity contribution in [3.05, 3.63) is 53.3 Å². The van der Waals surface area contributed by atoms with Crippen molar-refractivity contribution in [2.45, 2.75) is 57.7 Å². The van der Waals surface area contributed by atoms with Gasteiger partial charge in [0, 0.05) is 44.0 Å². The van der Waals surface area contributed by atoms with Gasteiger partial charge in [-0.25, -0.2) is 0 Å². The highest BCUT2D eigenvalue weighted by Crippen LogP contribution is 2.33. The molecule has 0 radical (unpaired) electrons. The Morgan fingerprint density at radius 1 is 1.04 bits per heavy atom. The number of carbonyl (C=O) groups excluding carboxylic acids is 1. The Morgan fingerprint density at radius 2 is 1.79 bits per heavy atom. The van der Waals surface area contributed by atoms with E-state index < -0.39 is 0 Å². The topological polar surface area (TPSA) is 41.4 Å². The van der Waals surface area contributed by atoms with Gasteiger partial charge in [-0.1, -0.05) is 24.3 Å². The molecule has 3 fully saturated rings. The Morgan fingerprint density at radius 3 is 2.46 bits per heavy atom. The number of carbonyl (C=O) groups is 1. The van der Waals surface area contributed by atoms with E-state index in [0.717, 1.165) is 44.5 Å². The van der Waals surface area contributed by atoms with Crippen molar-refractivity contribution in [2.24, 2.45) is 5.92 Å². The van der Waals surface area contributed by atoms with Crippen LogP contribution in [0.5, 0.6) is 0 Å². The Kier molecular flexibility index (Phi) is 4.50. The molecule has 2 atom stereocenters. The second kappa shape index (κ2) is 7.03. The molecule has 0 unspecified atom stereocenters. The maximum absolute atomic E-state index is 13.2. The molecule has 2 bridgehead atoms. The van der Waals surface area contributed by atoms with E-state index in [2.05, 4.69) is 53.0 Å². The molecule has 3 aliphatic heterocycles. The number of nitrogens with zero attached hydrogens (tertiary/aromatic N) is 4. The summed E-state index contributed by atoms with van der Waals surface area (Å²) in [5.41, 5.74) is 3.76. The minimum atomic E-state index is 0.165. The number of hydrogen-bond donors (Lipinski definition) is 0. The molecule has 6 rings (SSSR count). The van der Waals surface area contributed by atoms with Crippen molar-refractivity contribution in [3.8, 4) is 0 Å². The average molecular weight is 379 g/mol. The molecule has 0 spiro atoms. The van der Waals surface area contributed by atoms with Crippen LogP contribution in [0.1, 0.15) is 54.2 Å². The zero-order valence-corrected chi connectivity index (χ0v) is 16.9. The van der Waals surface area contributed by atoms with Crippen LogP contribution < -0.4 is 0 Å². The number of aromatic nitrogens is 2. The van der Waals surface area contributed by atoms with Crippen molar-refractivity contribution in [1.82, 2.24) is 19.6 Å². The van der Waals surface area contributed by atoms with Gasteiger partial charge >= 0.3 is 0 Å². The molecule has 2 aromatic rings. The molecule has 5 nitrogen and oxygen atoms in total. The van der Waals surface area contributed by atoms with Crippen molar-refractivity contribution in [1.29, 1.82) is 0 Å². The van der Waals surface area contributed by atoms with Crippen molar-refractivity contribution in [3.63, 3.8) is 0 Å². The third-order valence-corrected chi connectivity index (χ3v) is 6.93. The summed E-state index contributed by atoms with van der Waals surface area (Å²) >= 11 is 0. The van der Waals surface area contributed by atoms with Gasteiger partial charge in [0.1, 0.15) is 0 Å². The second-order valence-corrected chi connectivity index (χ2v) is 9.14. The summed E-state index contributed by atoms with van der Waals surface area (Å²) in [5.74, 6) is 0.754. The maximum Gasteiger partial charge on any atom is 0.257 e.